The fraction of sp³-hybridized carbons (Fsp3) is 1.00. The van der Waals surface area contributed by atoms with Gasteiger partial charge >= 0.3 is 0 Å². The summed E-state index contributed by atoms with van der Waals surface area (Å²) in [5, 5.41) is 16.2. The molecule has 0 atom stereocenters. The first kappa shape index (κ1) is 13.4. The summed E-state index contributed by atoms with van der Waals surface area (Å²) in [4.78, 5) is 0. The second-order valence-corrected chi connectivity index (χ2v) is 1.96. The summed E-state index contributed by atoms with van der Waals surface area (Å²) in [5.41, 5.74) is 0. The van der Waals surface area contributed by atoms with E-state index in [1.165, 1.54) is 0 Å². The van der Waals surface area contributed by atoms with Gasteiger partial charge in [0.2, 0.25) is 0 Å². The van der Waals surface area contributed by atoms with E-state index in [9.17, 15) is 0 Å². The summed E-state index contributed by atoms with van der Waals surface area (Å²) in [7, 11) is 3.17. The largest absolute Gasteiger partial charge is 0.368 e. The zero-order valence-corrected chi connectivity index (χ0v) is 7.41. The Morgan fingerprint density at radius 3 is 1.64 bits per heavy atom. The second kappa shape index (κ2) is 12.5. The molecule has 0 bridgehead atoms. The minimum Gasteiger partial charge on any atom is -0.368 e. The zero-order chi connectivity index (χ0) is 9.11. The van der Waals surface area contributed by atoms with Crippen molar-refractivity contribution in [3.63, 3.8) is 0 Å². The molecule has 0 aliphatic heterocycles. The fourth-order valence-electron chi connectivity index (χ4n) is 0.376. The molecule has 0 unspecified atom stereocenters. The van der Waals surface area contributed by atoms with Crippen LogP contribution in [0.1, 0.15) is 19.8 Å². The Balaban J connectivity index is 0. The van der Waals surface area contributed by atoms with Crippen LogP contribution in [0.25, 0.3) is 0 Å². The maximum absolute atomic E-state index is 8.11. The van der Waals surface area contributed by atoms with Crippen molar-refractivity contribution < 1.29 is 19.7 Å². The van der Waals surface area contributed by atoms with Gasteiger partial charge in [-0.05, 0) is 6.42 Å². The quantitative estimate of drug-likeness (QED) is 0.591. The van der Waals surface area contributed by atoms with Gasteiger partial charge in [0.05, 0.1) is 0 Å². The van der Waals surface area contributed by atoms with E-state index in [1.54, 1.807) is 14.2 Å². The second-order valence-electron chi connectivity index (χ2n) is 1.96. The number of hydrogen-bond donors (Lipinski definition) is 2. The summed E-state index contributed by atoms with van der Waals surface area (Å²) in [5.74, 6) is 0. The number of aliphatic hydroxyl groups is 2. The highest BCUT2D eigenvalue weighted by molar-refractivity contribution is 4.31. The van der Waals surface area contributed by atoms with Crippen molar-refractivity contribution in [2.24, 2.45) is 0 Å². The Labute approximate surface area is 67.8 Å². The van der Waals surface area contributed by atoms with Crippen LogP contribution in [0.5, 0.6) is 0 Å². The van der Waals surface area contributed by atoms with Crippen LogP contribution in [-0.4, -0.2) is 37.5 Å². The Kier molecular flexibility index (Phi) is 15.3. The Morgan fingerprint density at radius 2 is 1.64 bits per heavy atom. The van der Waals surface area contributed by atoms with Gasteiger partial charge in [-0.2, -0.15) is 0 Å². The minimum absolute atomic E-state index is 0.389. The maximum atomic E-state index is 8.11. The first-order valence-electron chi connectivity index (χ1n) is 3.53. The average molecular weight is 166 g/mol. The topological polar surface area (TPSA) is 58.9 Å². The van der Waals surface area contributed by atoms with Gasteiger partial charge in [-0.25, -0.2) is 0 Å². The number of rotatable bonds is 4. The van der Waals surface area contributed by atoms with E-state index >= 15 is 0 Å². The van der Waals surface area contributed by atoms with Crippen molar-refractivity contribution in [3.8, 4) is 0 Å². The first-order chi connectivity index (χ1) is 5.18. The SMILES string of the molecule is CCCC(O)O.COCOC. The molecule has 0 rings (SSSR count). The van der Waals surface area contributed by atoms with Gasteiger partial charge in [-0.1, -0.05) is 13.3 Å². The van der Waals surface area contributed by atoms with Gasteiger partial charge in [0, 0.05) is 14.2 Å². The third-order valence-corrected chi connectivity index (χ3v) is 0.783. The highest BCUT2D eigenvalue weighted by Gasteiger charge is 1.89. The predicted octanol–water partition coefficient (Wildman–Crippen LogP) is 0.334. The molecule has 0 spiro atoms. The van der Waals surface area contributed by atoms with Gasteiger partial charge in [0.25, 0.3) is 0 Å². The summed E-state index contributed by atoms with van der Waals surface area (Å²) in [6, 6.07) is 0. The molecular weight excluding hydrogens is 148 g/mol. The van der Waals surface area contributed by atoms with Crippen LogP contribution < -0.4 is 0 Å². The molecule has 11 heavy (non-hydrogen) atoms. The first-order valence-corrected chi connectivity index (χ1v) is 3.53. The molecule has 2 N–H and O–H groups in total. The molecule has 0 aromatic heterocycles. The van der Waals surface area contributed by atoms with Gasteiger partial charge in [0.1, 0.15) is 6.79 Å². The van der Waals surface area contributed by atoms with Crippen LogP contribution in [0.4, 0.5) is 0 Å². The number of hydrogen-bond acceptors (Lipinski definition) is 4. The third-order valence-electron chi connectivity index (χ3n) is 0.783. The molecule has 4 nitrogen and oxygen atoms in total. The molecule has 0 saturated carbocycles. The molecule has 0 amide bonds. The van der Waals surface area contributed by atoms with Crippen LogP contribution >= 0.6 is 0 Å². The lowest BCUT2D eigenvalue weighted by molar-refractivity contribution is -0.0453. The smallest absolute Gasteiger partial charge is 0.151 e. The molecule has 70 valence electrons. The molecule has 0 radical (unpaired) electrons. The van der Waals surface area contributed by atoms with Gasteiger partial charge < -0.3 is 19.7 Å². The zero-order valence-electron chi connectivity index (χ0n) is 7.41. The lowest BCUT2D eigenvalue weighted by Gasteiger charge is -1.94. The van der Waals surface area contributed by atoms with Crippen molar-refractivity contribution >= 4 is 0 Å². The fourth-order valence-corrected chi connectivity index (χ4v) is 0.376. The molecule has 0 aliphatic rings. The molecule has 0 aromatic rings. The molecule has 0 fully saturated rings. The number of aliphatic hydroxyl groups excluding tert-OH is 1. The van der Waals surface area contributed by atoms with Crippen LogP contribution in [-0.2, 0) is 9.47 Å². The average Bonchev–Trinajstić information content (AvgIpc) is 1.90. The molecule has 0 aliphatic carbocycles. The van der Waals surface area contributed by atoms with Crippen molar-refractivity contribution in [3.05, 3.63) is 0 Å². The van der Waals surface area contributed by atoms with Gasteiger partial charge in [0.15, 0.2) is 6.29 Å². The van der Waals surface area contributed by atoms with E-state index in [4.69, 9.17) is 10.2 Å². The van der Waals surface area contributed by atoms with Crippen molar-refractivity contribution in [1.29, 1.82) is 0 Å². The van der Waals surface area contributed by atoms with Gasteiger partial charge in [-0.15, -0.1) is 0 Å². The van der Waals surface area contributed by atoms with Crippen LogP contribution in [0.15, 0.2) is 0 Å². The lowest BCUT2D eigenvalue weighted by Crippen LogP contribution is -2.01. The third kappa shape index (κ3) is 25.8. The summed E-state index contributed by atoms with van der Waals surface area (Å²) < 4.78 is 8.94. The van der Waals surface area contributed by atoms with E-state index in [2.05, 4.69) is 9.47 Å². The van der Waals surface area contributed by atoms with Crippen LogP contribution in [0.3, 0.4) is 0 Å². The van der Waals surface area contributed by atoms with Crippen molar-refractivity contribution in [2.75, 3.05) is 21.0 Å². The van der Waals surface area contributed by atoms with Crippen molar-refractivity contribution in [2.45, 2.75) is 26.1 Å². The monoisotopic (exact) mass is 166 g/mol. The normalized spacial score (nSPS) is 9.27. The Bertz CT molecular complexity index is 54.4. The van der Waals surface area contributed by atoms with E-state index in [1.807, 2.05) is 6.92 Å². The molecule has 0 aromatic carbocycles. The summed E-state index contributed by atoms with van der Waals surface area (Å²) >= 11 is 0. The lowest BCUT2D eigenvalue weighted by atomic mass is 10.3. The molecule has 0 saturated heterocycles. The van der Waals surface area contributed by atoms with E-state index < -0.39 is 6.29 Å². The summed E-state index contributed by atoms with van der Waals surface area (Å²) in [6.07, 6.45) is 0.215. The molecule has 0 heterocycles. The number of ether oxygens (including phenoxy) is 2. The van der Waals surface area contributed by atoms with Crippen molar-refractivity contribution in [1.82, 2.24) is 0 Å². The van der Waals surface area contributed by atoms with Crippen LogP contribution in [0, 0.1) is 0 Å². The standard InChI is InChI=1S/C4H10O2.C3H8O2/c1-2-3-4(5)6;1-4-3-5-2/h4-6H,2-3H2,1H3;3H2,1-2H3. The van der Waals surface area contributed by atoms with Crippen LogP contribution in [0.2, 0.25) is 0 Å². The highest BCUT2D eigenvalue weighted by Crippen LogP contribution is 1.88. The Morgan fingerprint density at radius 1 is 1.18 bits per heavy atom. The van der Waals surface area contributed by atoms with E-state index in [0.717, 1.165) is 6.42 Å². The highest BCUT2D eigenvalue weighted by atomic mass is 16.6. The predicted molar refractivity (Wildman–Crippen MR) is 42.0 cm³/mol. The molecule has 4 heteroatoms. The van der Waals surface area contributed by atoms with E-state index in [-0.39, 0.29) is 0 Å². The summed E-state index contributed by atoms with van der Waals surface area (Å²) in [6.45, 7) is 2.29. The Hall–Kier alpha value is -0.160. The maximum Gasteiger partial charge on any atom is 0.151 e. The van der Waals surface area contributed by atoms with Gasteiger partial charge in [-0.3, -0.25) is 0 Å². The van der Waals surface area contributed by atoms with E-state index in [0.29, 0.717) is 13.2 Å². The minimum atomic E-state index is -1.10. The number of methoxy groups -OCH3 is 2. The molecular formula is C7H18O4.